The minimum Gasteiger partial charge on any atom is -0.462 e. The van der Waals surface area contributed by atoms with E-state index in [9.17, 15) is 18.0 Å². The topological polar surface area (TPSA) is 44.1 Å². The summed E-state index contributed by atoms with van der Waals surface area (Å²) in [6.45, 7) is 1.93. The number of aromatic nitrogens is 2. The molecule has 4 nitrogen and oxygen atoms in total. The fraction of sp³-hybridized carbons (Fsp3) is 0.333. The van der Waals surface area contributed by atoms with Crippen LogP contribution in [0.5, 0.6) is 0 Å². The van der Waals surface area contributed by atoms with Gasteiger partial charge in [0.05, 0.1) is 11.5 Å². The van der Waals surface area contributed by atoms with Crippen molar-refractivity contribution in [3.63, 3.8) is 0 Å². The van der Waals surface area contributed by atoms with Gasteiger partial charge in [-0.15, -0.1) is 11.3 Å². The zero-order valence-electron chi connectivity index (χ0n) is 10.7. The van der Waals surface area contributed by atoms with Crippen LogP contribution in [0.4, 0.5) is 13.2 Å². The van der Waals surface area contributed by atoms with Gasteiger partial charge in [0.25, 0.3) is 0 Å². The Morgan fingerprint density at radius 2 is 2.15 bits per heavy atom. The molecule has 2 aromatic heterocycles. The van der Waals surface area contributed by atoms with E-state index in [0.717, 1.165) is 22.1 Å². The van der Waals surface area contributed by atoms with Gasteiger partial charge < -0.3 is 4.74 Å². The normalized spacial score (nSPS) is 11.7. The van der Waals surface area contributed by atoms with Crippen LogP contribution < -0.4 is 0 Å². The Morgan fingerprint density at radius 1 is 1.45 bits per heavy atom. The van der Waals surface area contributed by atoms with Gasteiger partial charge in [-0.25, -0.2) is 4.79 Å². The van der Waals surface area contributed by atoms with Crippen LogP contribution in [-0.2, 0) is 18.0 Å². The van der Waals surface area contributed by atoms with Crippen LogP contribution in [0, 0.1) is 0 Å². The molecule has 2 heterocycles. The number of hydrogen-bond donors (Lipinski definition) is 0. The molecule has 2 rings (SSSR count). The SMILES string of the molecule is CCOC(=O)c1ccc(-c2cc(C(F)(F)F)n(C)n2)s1. The first-order valence-corrected chi connectivity index (χ1v) is 6.53. The van der Waals surface area contributed by atoms with Crippen molar-refractivity contribution in [3.05, 3.63) is 28.8 Å². The van der Waals surface area contributed by atoms with Crippen molar-refractivity contribution in [2.24, 2.45) is 7.05 Å². The molecule has 0 aliphatic heterocycles. The van der Waals surface area contributed by atoms with Gasteiger partial charge >= 0.3 is 12.1 Å². The first kappa shape index (κ1) is 14.6. The number of hydrogen-bond acceptors (Lipinski definition) is 4. The Morgan fingerprint density at radius 3 is 2.70 bits per heavy atom. The van der Waals surface area contributed by atoms with Gasteiger partial charge in [0.15, 0.2) is 0 Å². The van der Waals surface area contributed by atoms with Crippen molar-refractivity contribution < 1.29 is 22.7 Å². The largest absolute Gasteiger partial charge is 0.462 e. The van der Waals surface area contributed by atoms with Crippen molar-refractivity contribution in [1.82, 2.24) is 9.78 Å². The number of thiophene rings is 1. The minimum atomic E-state index is -4.46. The van der Waals surface area contributed by atoms with Gasteiger partial charge in [0, 0.05) is 7.05 Å². The minimum absolute atomic E-state index is 0.181. The predicted octanol–water partition coefficient (Wildman–Crippen LogP) is 3.34. The van der Waals surface area contributed by atoms with Gasteiger partial charge in [-0.2, -0.15) is 18.3 Å². The summed E-state index contributed by atoms with van der Waals surface area (Å²) in [4.78, 5) is 12.3. The summed E-state index contributed by atoms with van der Waals surface area (Å²) in [6.07, 6.45) is -4.46. The second kappa shape index (κ2) is 5.28. The lowest BCUT2D eigenvalue weighted by molar-refractivity contribution is -0.143. The van der Waals surface area contributed by atoms with Gasteiger partial charge in [-0.05, 0) is 25.1 Å². The maximum Gasteiger partial charge on any atom is 0.433 e. The first-order chi connectivity index (χ1) is 9.32. The summed E-state index contributed by atoms with van der Waals surface area (Å²) in [7, 11) is 1.23. The van der Waals surface area contributed by atoms with E-state index in [0.29, 0.717) is 9.75 Å². The smallest absolute Gasteiger partial charge is 0.433 e. The number of carbonyl (C=O) groups is 1. The molecule has 0 saturated carbocycles. The lowest BCUT2D eigenvalue weighted by Gasteiger charge is -2.04. The second-order valence-corrected chi connectivity index (χ2v) is 5.00. The predicted molar refractivity (Wildman–Crippen MR) is 67.5 cm³/mol. The molecule has 0 spiro atoms. The summed E-state index contributed by atoms with van der Waals surface area (Å²) < 4.78 is 43.6. The van der Waals surface area contributed by atoms with E-state index in [2.05, 4.69) is 5.10 Å². The highest BCUT2D eigenvalue weighted by molar-refractivity contribution is 7.17. The van der Waals surface area contributed by atoms with E-state index in [1.165, 1.54) is 13.1 Å². The number of carbonyl (C=O) groups excluding carboxylic acids is 1. The zero-order chi connectivity index (χ0) is 14.9. The van der Waals surface area contributed by atoms with Crippen molar-refractivity contribution in [1.29, 1.82) is 0 Å². The number of halogens is 3. The molecule has 0 N–H and O–H groups in total. The maximum atomic E-state index is 12.7. The van der Waals surface area contributed by atoms with Crippen molar-refractivity contribution >= 4 is 17.3 Å². The third-order valence-corrected chi connectivity index (χ3v) is 3.59. The molecule has 108 valence electrons. The highest BCUT2D eigenvalue weighted by atomic mass is 32.1. The number of alkyl halides is 3. The number of aryl methyl sites for hydroxylation is 1. The van der Waals surface area contributed by atoms with E-state index in [4.69, 9.17) is 4.74 Å². The third kappa shape index (κ3) is 2.84. The maximum absolute atomic E-state index is 12.7. The fourth-order valence-corrected chi connectivity index (χ4v) is 2.50. The Kier molecular flexibility index (Phi) is 3.85. The Labute approximate surface area is 116 Å². The lowest BCUT2D eigenvalue weighted by atomic mass is 10.3. The number of nitrogens with zero attached hydrogens (tertiary/aromatic N) is 2. The molecule has 8 heteroatoms. The molecule has 0 atom stereocenters. The van der Waals surface area contributed by atoms with Gasteiger partial charge in [-0.1, -0.05) is 0 Å². The van der Waals surface area contributed by atoms with Crippen molar-refractivity contribution in [3.8, 4) is 10.6 Å². The van der Waals surface area contributed by atoms with E-state index in [-0.39, 0.29) is 12.3 Å². The Balaban J connectivity index is 2.31. The molecule has 0 fully saturated rings. The molecular weight excluding hydrogens is 293 g/mol. The molecule has 0 aromatic carbocycles. The molecule has 2 aromatic rings. The first-order valence-electron chi connectivity index (χ1n) is 5.71. The summed E-state index contributed by atoms with van der Waals surface area (Å²) >= 11 is 1.05. The Bertz CT molecular complexity index is 631. The molecule has 20 heavy (non-hydrogen) atoms. The molecule has 0 aliphatic carbocycles. The summed E-state index contributed by atoms with van der Waals surface area (Å²) in [5, 5.41) is 3.82. The number of rotatable bonds is 3. The second-order valence-electron chi connectivity index (χ2n) is 3.92. The molecule has 0 amide bonds. The zero-order valence-corrected chi connectivity index (χ0v) is 11.5. The summed E-state index contributed by atoms with van der Waals surface area (Å²) in [5.74, 6) is -0.490. The average Bonchev–Trinajstić information content (AvgIpc) is 2.94. The molecule has 0 radical (unpaired) electrons. The van der Waals surface area contributed by atoms with E-state index < -0.39 is 17.8 Å². The molecule has 0 bridgehead atoms. The van der Waals surface area contributed by atoms with E-state index >= 15 is 0 Å². The molecule has 0 aliphatic rings. The monoisotopic (exact) mass is 304 g/mol. The van der Waals surface area contributed by atoms with Gasteiger partial charge in [0.1, 0.15) is 16.3 Å². The Hall–Kier alpha value is -1.83. The van der Waals surface area contributed by atoms with Crippen LogP contribution in [0.25, 0.3) is 10.6 Å². The van der Waals surface area contributed by atoms with E-state index in [1.807, 2.05) is 0 Å². The van der Waals surface area contributed by atoms with Crippen LogP contribution in [0.1, 0.15) is 22.3 Å². The number of esters is 1. The highest BCUT2D eigenvalue weighted by Crippen LogP contribution is 2.34. The van der Waals surface area contributed by atoms with Crippen LogP contribution in [-0.4, -0.2) is 22.4 Å². The van der Waals surface area contributed by atoms with Crippen molar-refractivity contribution in [2.75, 3.05) is 6.61 Å². The van der Waals surface area contributed by atoms with Gasteiger partial charge in [-0.3, -0.25) is 4.68 Å². The van der Waals surface area contributed by atoms with Crippen LogP contribution >= 0.6 is 11.3 Å². The van der Waals surface area contributed by atoms with Crippen LogP contribution in [0.3, 0.4) is 0 Å². The highest BCUT2D eigenvalue weighted by Gasteiger charge is 2.35. The molecule has 0 unspecified atom stereocenters. The number of ether oxygens (including phenoxy) is 1. The standard InChI is InChI=1S/C12H11F3N2O2S/c1-3-19-11(18)9-5-4-8(20-9)7-6-10(12(13,14)15)17(2)16-7/h4-6H,3H2,1-2H3. The quantitative estimate of drug-likeness (QED) is 0.817. The third-order valence-electron chi connectivity index (χ3n) is 2.51. The molecular formula is C12H11F3N2O2S. The average molecular weight is 304 g/mol. The summed E-state index contributed by atoms with van der Waals surface area (Å²) in [6, 6.07) is 4.03. The van der Waals surface area contributed by atoms with E-state index in [1.54, 1.807) is 13.0 Å². The molecule has 0 saturated heterocycles. The van der Waals surface area contributed by atoms with Crippen molar-refractivity contribution in [2.45, 2.75) is 13.1 Å². The van der Waals surface area contributed by atoms with Crippen LogP contribution in [0.15, 0.2) is 18.2 Å². The van der Waals surface area contributed by atoms with Gasteiger partial charge in [0.2, 0.25) is 0 Å². The summed E-state index contributed by atoms with van der Waals surface area (Å²) in [5.41, 5.74) is -0.654. The van der Waals surface area contributed by atoms with Crippen LogP contribution in [0.2, 0.25) is 0 Å². The fourth-order valence-electron chi connectivity index (χ4n) is 1.64. The lowest BCUT2D eigenvalue weighted by Crippen LogP contribution is -2.11.